The number of amides is 1. The minimum Gasteiger partial charge on any atom is -0.508 e. The van der Waals surface area contributed by atoms with E-state index in [1.54, 1.807) is 0 Å². The smallest absolute Gasteiger partial charge is 0.326 e. The first-order valence-electron chi connectivity index (χ1n) is 5.83. The Labute approximate surface area is 115 Å². The summed E-state index contributed by atoms with van der Waals surface area (Å²) < 4.78 is 4.41. The zero-order valence-electron chi connectivity index (χ0n) is 10.8. The summed E-state index contributed by atoms with van der Waals surface area (Å²) in [5.41, 5.74) is 0.134. The molecule has 3 N–H and O–H groups in total. The molecule has 1 aromatic rings. The van der Waals surface area contributed by atoms with Crippen LogP contribution in [0.25, 0.3) is 0 Å². The fourth-order valence-corrected chi connectivity index (χ4v) is 1.51. The van der Waals surface area contributed by atoms with E-state index in [1.807, 2.05) is 0 Å². The highest BCUT2D eigenvalue weighted by Gasteiger charge is 2.21. The Kier molecular flexibility index (Phi) is 5.52. The van der Waals surface area contributed by atoms with Crippen LogP contribution in [0.15, 0.2) is 24.3 Å². The van der Waals surface area contributed by atoms with Crippen molar-refractivity contribution < 1.29 is 29.3 Å². The van der Waals surface area contributed by atoms with E-state index < -0.39 is 23.9 Å². The molecule has 0 aliphatic carbocycles. The van der Waals surface area contributed by atoms with Crippen LogP contribution in [0.2, 0.25) is 0 Å². The molecule has 0 saturated heterocycles. The number of aromatic hydroxyl groups is 1. The van der Waals surface area contributed by atoms with Crippen LogP contribution in [-0.2, 0) is 14.3 Å². The second-order valence-electron chi connectivity index (χ2n) is 4.03. The molecule has 1 unspecified atom stereocenters. The van der Waals surface area contributed by atoms with Crippen molar-refractivity contribution in [3.05, 3.63) is 29.8 Å². The summed E-state index contributed by atoms with van der Waals surface area (Å²) >= 11 is 0. The summed E-state index contributed by atoms with van der Waals surface area (Å²) in [4.78, 5) is 33.8. The molecule has 0 bridgehead atoms. The van der Waals surface area contributed by atoms with E-state index in [9.17, 15) is 19.5 Å². The van der Waals surface area contributed by atoms with Crippen molar-refractivity contribution in [3.8, 4) is 5.75 Å². The molecule has 0 spiro atoms. The Morgan fingerprint density at radius 1 is 1.35 bits per heavy atom. The van der Waals surface area contributed by atoms with Gasteiger partial charge in [-0.2, -0.15) is 0 Å². The fraction of sp³-hybridized carbons (Fsp3) is 0.308. The number of carboxylic acid groups (broad SMARTS) is 1. The van der Waals surface area contributed by atoms with Gasteiger partial charge in [0.1, 0.15) is 11.8 Å². The van der Waals surface area contributed by atoms with Crippen LogP contribution in [0.1, 0.15) is 23.2 Å². The number of nitrogens with one attached hydrogen (secondary N) is 1. The number of carbonyl (C=O) groups excluding carboxylic acids is 2. The van der Waals surface area contributed by atoms with E-state index in [4.69, 9.17) is 5.11 Å². The van der Waals surface area contributed by atoms with Crippen LogP contribution in [0.3, 0.4) is 0 Å². The van der Waals surface area contributed by atoms with Gasteiger partial charge in [0.2, 0.25) is 0 Å². The summed E-state index contributed by atoms with van der Waals surface area (Å²) in [6.07, 6.45) is -0.194. The van der Waals surface area contributed by atoms with Gasteiger partial charge in [0, 0.05) is 12.0 Å². The normalized spacial score (nSPS) is 11.4. The van der Waals surface area contributed by atoms with Crippen molar-refractivity contribution in [2.24, 2.45) is 0 Å². The number of phenols is 1. The van der Waals surface area contributed by atoms with Gasteiger partial charge in [0.05, 0.1) is 7.11 Å². The topological polar surface area (TPSA) is 113 Å². The lowest BCUT2D eigenvalue weighted by molar-refractivity contribution is -0.142. The monoisotopic (exact) mass is 281 g/mol. The van der Waals surface area contributed by atoms with Crippen LogP contribution in [0, 0.1) is 0 Å². The van der Waals surface area contributed by atoms with Crippen molar-refractivity contribution in [1.82, 2.24) is 5.32 Å². The third kappa shape index (κ3) is 4.60. The number of phenolic OH excluding ortho intramolecular Hbond substituents is 1. The standard InChI is InChI=1S/C13H15NO6/c1-20-11(16)6-5-10(13(18)19)14-12(17)8-3-2-4-9(15)7-8/h2-4,7,10,15H,5-6H2,1H3,(H,14,17)(H,18,19). The number of hydrogen-bond acceptors (Lipinski definition) is 5. The summed E-state index contributed by atoms with van der Waals surface area (Å²) in [6.45, 7) is 0. The van der Waals surface area contributed by atoms with E-state index in [2.05, 4.69) is 10.1 Å². The van der Waals surface area contributed by atoms with Crippen LogP contribution >= 0.6 is 0 Å². The third-order valence-corrected chi connectivity index (χ3v) is 2.58. The quantitative estimate of drug-likeness (QED) is 0.655. The number of esters is 1. The number of carbonyl (C=O) groups is 3. The largest absolute Gasteiger partial charge is 0.508 e. The highest BCUT2D eigenvalue weighted by molar-refractivity contribution is 5.96. The first-order valence-corrected chi connectivity index (χ1v) is 5.83. The average molecular weight is 281 g/mol. The summed E-state index contributed by atoms with van der Waals surface area (Å²) in [5, 5.41) is 20.5. The lowest BCUT2D eigenvalue weighted by Gasteiger charge is -2.14. The van der Waals surface area contributed by atoms with Gasteiger partial charge in [-0.1, -0.05) is 6.07 Å². The van der Waals surface area contributed by atoms with E-state index in [-0.39, 0.29) is 24.2 Å². The molecule has 108 valence electrons. The first kappa shape index (κ1) is 15.5. The van der Waals surface area contributed by atoms with Crippen LogP contribution < -0.4 is 5.32 Å². The average Bonchev–Trinajstić information content (AvgIpc) is 2.42. The highest BCUT2D eigenvalue weighted by Crippen LogP contribution is 2.11. The maximum atomic E-state index is 11.8. The van der Waals surface area contributed by atoms with Gasteiger partial charge in [-0.3, -0.25) is 9.59 Å². The van der Waals surface area contributed by atoms with Gasteiger partial charge in [-0.05, 0) is 24.6 Å². The number of aliphatic carboxylic acids is 1. The van der Waals surface area contributed by atoms with Crippen molar-refractivity contribution >= 4 is 17.8 Å². The minimum absolute atomic E-state index is 0.0768. The molecular formula is C13H15NO6. The molecule has 7 heteroatoms. The maximum absolute atomic E-state index is 11.8. The van der Waals surface area contributed by atoms with Gasteiger partial charge in [0.25, 0.3) is 5.91 Å². The van der Waals surface area contributed by atoms with Gasteiger partial charge < -0.3 is 20.3 Å². The molecule has 0 aliphatic heterocycles. The minimum atomic E-state index is -1.25. The predicted molar refractivity (Wildman–Crippen MR) is 68.2 cm³/mol. The lowest BCUT2D eigenvalue weighted by Crippen LogP contribution is -2.41. The maximum Gasteiger partial charge on any atom is 0.326 e. The van der Waals surface area contributed by atoms with Gasteiger partial charge in [-0.25, -0.2) is 4.79 Å². The van der Waals surface area contributed by atoms with Crippen LogP contribution in [-0.4, -0.2) is 41.2 Å². The van der Waals surface area contributed by atoms with Crippen molar-refractivity contribution in [1.29, 1.82) is 0 Å². The van der Waals surface area contributed by atoms with Crippen LogP contribution in [0.4, 0.5) is 0 Å². The van der Waals surface area contributed by atoms with Crippen molar-refractivity contribution in [2.45, 2.75) is 18.9 Å². The molecule has 0 aliphatic rings. The molecule has 0 heterocycles. The molecule has 1 rings (SSSR count). The highest BCUT2D eigenvalue weighted by atomic mass is 16.5. The zero-order valence-corrected chi connectivity index (χ0v) is 10.8. The van der Waals surface area contributed by atoms with E-state index >= 15 is 0 Å². The Morgan fingerprint density at radius 2 is 2.05 bits per heavy atom. The second kappa shape index (κ2) is 7.13. The number of hydrogen-bond donors (Lipinski definition) is 3. The molecule has 0 fully saturated rings. The second-order valence-corrected chi connectivity index (χ2v) is 4.03. The molecule has 0 aromatic heterocycles. The fourth-order valence-electron chi connectivity index (χ4n) is 1.51. The van der Waals surface area contributed by atoms with Gasteiger partial charge in [0.15, 0.2) is 0 Å². The van der Waals surface area contributed by atoms with E-state index in [1.165, 1.54) is 31.4 Å². The SMILES string of the molecule is COC(=O)CCC(NC(=O)c1cccc(O)c1)C(=O)O. The van der Waals surface area contributed by atoms with Gasteiger partial charge in [-0.15, -0.1) is 0 Å². The first-order chi connectivity index (χ1) is 9.43. The van der Waals surface area contributed by atoms with Crippen LogP contribution in [0.5, 0.6) is 5.75 Å². The van der Waals surface area contributed by atoms with Gasteiger partial charge >= 0.3 is 11.9 Å². The lowest BCUT2D eigenvalue weighted by atomic mass is 10.1. The molecule has 0 saturated carbocycles. The van der Waals surface area contributed by atoms with E-state index in [0.29, 0.717) is 0 Å². The number of methoxy groups -OCH3 is 1. The molecule has 1 amide bonds. The number of rotatable bonds is 6. The molecular weight excluding hydrogens is 266 g/mol. The summed E-state index contributed by atoms with van der Waals surface area (Å²) in [6, 6.07) is 4.31. The Balaban J connectivity index is 2.68. The Bertz CT molecular complexity index is 513. The summed E-state index contributed by atoms with van der Waals surface area (Å²) in [5.74, 6) is -2.54. The third-order valence-electron chi connectivity index (χ3n) is 2.58. The molecule has 1 aromatic carbocycles. The van der Waals surface area contributed by atoms with Crippen molar-refractivity contribution in [2.75, 3.05) is 7.11 Å². The predicted octanol–water partition coefficient (Wildman–Crippen LogP) is 0.528. The Hall–Kier alpha value is -2.57. The number of carboxylic acids is 1. The van der Waals surface area contributed by atoms with E-state index in [0.717, 1.165) is 0 Å². The number of ether oxygens (including phenoxy) is 1. The van der Waals surface area contributed by atoms with Crippen molar-refractivity contribution in [3.63, 3.8) is 0 Å². The molecule has 20 heavy (non-hydrogen) atoms. The molecule has 1 atom stereocenters. The Morgan fingerprint density at radius 3 is 2.60 bits per heavy atom. The molecule has 7 nitrogen and oxygen atoms in total. The number of benzene rings is 1. The summed E-state index contributed by atoms with van der Waals surface area (Å²) in [7, 11) is 1.20. The molecule has 0 radical (unpaired) electrons. The zero-order chi connectivity index (χ0) is 15.1.